The predicted molar refractivity (Wildman–Crippen MR) is 108 cm³/mol. The third kappa shape index (κ3) is 4.05. The van der Waals surface area contributed by atoms with Crippen LogP contribution in [0.25, 0.3) is 0 Å². The monoisotopic (exact) mass is 365 g/mol. The standard InChI is InChI=1S/C23H27NO3/c1-14(2)16-7-5-8-17(15(3)4)23(16)24-22(26)13-27-21-10-6-9-18-19(21)11-12-20(18)25/h5-10,14-15H,11-13H2,1-4H3,(H,24,26). The Kier molecular flexibility index (Phi) is 5.64. The lowest BCUT2D eigenvalue weighted by Crippen LogP contribution is -2.22. The maximum atomic E-state index is 12.6. The summed E-state index contributed by atoms with van der Waals surface area (Å²) in [7, 11) is 0. The summed E-state index contributed by atoms with van der Waals surface area (Å²) in [6.45, 7) is 8.41. The summed E-state index contributed by atoms with van der Waals surface area (Å²) in [4.78, 5) is 24.5. The Morgan fingerprint density at radius 2 is 1.63 bits per heavy atom. The molecule has 4 heteroatoms. The molecule has 0 fully saturated rings. The van der Waals surface area contributed by atoms with E-state index in [1.54, 1.807) is 6.07 Å². The minimum atomic E-state index is -0.188. The molecule has 1 aliphatic carbocycles. The average Bonchev–Trinajstić information content (AvgIpc) is 3.01. The highest BCUT2D eigenvalue weighted by molar-refractivity contribution is 6.01. The van der Waals surface area contributed by atoms with Crippen molar-refractivity contribution in [1.82, 2.24) is 0 Å². The van der Waals surface area contributed by atoms with Gasteiger partial charge in [-0.3, -0.25) is 9.59 Å². The summed E-state index contributed by atoms with van der Waals surface area (Å²) in [5.74, 6) is 1.21. The van der Waals surface area contributed by atoms with Crippen LogP contribution in [0.4, 0.5) is 5.69 Å². The van der Waals surface area contributed by atoms with E-state index in [1.165, 1.54) is 0 Å². The third-order valence-electron chi connectivity index (χ3n) is 5.03. The SMILES string of the molecule is CC(C)c1cccc(C(C)C)c1NC(=O)COc1cccc2c1CCC2=O. The molecule has 0 atom stereocenters. The van der Waals surface area contributed by atoms with Gasteiger partial charge >= 0.3 is 0 Å². The van der Waals surface area contributed by atoms with Crippen molar-refractivity contribution in [1.29, 1.82) is 0 Å². The van der Waals surface area contributed by atoms with Gasteiger partial charge in [0.05, 0.1) is 0 Å². The summed E-state index contributed by atoms with van der Waals surface area (Å²) in [5.41, 5.74) is 4.78. The minimum Gasteiger partial charge on any atom is -0.483 e. The number of para-hydroxylation sites is 1. The highest BCUT2D eigenvalue weighted by atomic mass is 16.5. The molecule has 0 unspecified atom stereocenters. The van der Waals surface area contributed by atoms with E-state index in [0.717, 1.165) is 27.9 Å². The van der Waals surface area contributed by atoms with E-state index in [0.29, 0.717) is 30.4 Å². The molecule has 0 aromatic heterocycles. The van der Waals surface area contributed by atoms with E-state index >= 15 is 0 Å². The summed E-state index contributed by atoms with van der Waals surface area (Å²) >= 11 is 0. The van der Waals surface area contributed by atoms with Gasteiger partial charge in [-0.1, -0.05) is 58.0 Å². The van der Waals surface area contributed by atoms with Gasteiger partial charge < -0.3 is 10.1 Å². The van der Waals surface area contributed by atoms with Gasteiger partial charge in [0, 0.05) is 23.2 Å². The molecule has 0 spiro atoms. The second-order valence-corrected chi connectivity index (χ2v) is 7.66. The summed E-state index contributed by atoms with van der Waals surface area (Å²) in [6, 6.07) is 11.6. The van der Waals surface area contributed by atoms with E-state index in [4.69, 9.17) is 4.74 Å². The molecule has 27 heavy (non-hydrogen) atoms. The first-order chi connectivity index (χ1) is 12.9. The number of hydrogen-bond acceptors (Lipinski definition) is 3. The fourth-order valence-corrected chi connectivity index (χ4v) is 3.61. The van der Waals surface area contributed by atoms with Gasteiger partial charge in [0.2, 0.25) is 0 Å². The highest BCUT2D eigenvalue weighted by Gasteiger charge is 2.23. The molecule has 0 saturated heterocycles. The van der Waals surface area contributed by atoms with E-state index < -0.39 is 0 Å². The number of carbonyl (C=O) groups excluding carboxylic acids is 2. The number of ether oxygens (including phenoxy) is 1. The smallest absolute Gasteiger partial charge is 0.262 e. The van der Waals surface area contributed by atoms with Crippen molar-refractivity contribution in [3.63, 3.8) is 0 Å². The molecular formula is C23H27NO3. The van der Waals surface area contributed by atoms with Crippen LogP contribution in [0.5, 0.6) is 5.75 Å². The van der Waals surface area contributed by atoms with Gasteiger partial charge in [0.15, 0.2) is 12.4 Å². The number of nitrogens with one attached hydrogen (secondary N) is 1. The zero-order valence-corrected chi connectivity index (χ0v) is 16.5. The van der Waals surface area contributed by atoms with Crippen molar-refractivity contribution in [2.45, 2.75) is 52.4 Å². The quantitative estimate of drug-likeness (QED) is 0.777. The first kappa shape index (κ1) is 19.2. The molecule has 0 saturated carbocycles. The average molecular weight is 365 g/mol. The molecule has 142 valence electrons. The Morgan fingerprint density at radius 3 is 2.26 bits per heavy atom. The van der Waals surface area contributed by atoms with E-state index in [1.807, 2.05) is 18.2 Å². The number of rotatable bonds is 6. The van der Waals surface area contributed by atoms with Crippen LogP contribution < -0.4 is 10.1 Å². The van der Waals surface area contributed by atoms with Crippen molar-refractivity contribution in [3.05, 3.63) is 58.7 Å². The molecule has 2 aromatic carbocycles. The van der Waals surface area contributed by atoms with Gasteiger partial charge in [0.1, 0.15) is 5.75 Å². The zero-order chi connectivity index (χ0) is 19.6. The predicted octanol–water partition coefficient (Wildman–Crippen LogP) is 5.08. The number of ketones is 1. The Morgan fingerprint density at radius 1 is 1.00 bits per heavy atom. The maximum Gasteiger partial charge on any atom is 0.262 e. The fourth-order valence-electron chi connectivity index (χ4n) is 3.61. The lowest BCUT2D eigenvalue weighted by atomic mass is 9.92. The van der Waals surface area contributed by atoms with Crippen LogP contribution in [0.2, 0.25) is 0 Å². The van der Waals surface area contributed by atoms with Gasteiger partial charge in [-0.05, 0) is 35.4 Å². The first-order valence-electron chi connectivity index (χ1n) is 9.59. The lowest BCUT2D eigenvalue weighted by Gasteiger charge is -2.20. The molecule has 4 nitrogen and oxygen atoms in total. The second kappa shape index (κ2) is 7.95. The maximum absolute atomic E-state index is 12.6. The normalized spacial score (nSPS) is 13.2. The number of Topliss-reactive ketones (excluding diaryl/α,β-unsaturated/α-hetero) is 1. The van der Waals surface area contributed by atoms with Crippen molar-refractivity contribution in [2.75, 3.05) is 11.9 Å². The zero-order valence-electron chi connectivity index (χ0n) is 16.5. The molecule has 1 amide bonds. The number of hydrogen-bond donors (Lipinski definition) is 1. The largest absolute Gasteiger partial charge is 0.483 e. The van der Waals surface area contributed by atoms with Crippen LogP contribution >= 0.6 is 0 Å². The summed E-state index contributed by atoms with van der Waals surface area (Å²) in [6.07, 6.45) is 1.20. The van der Waals surface area contributed by atoms with Crippen LogP contribution in [0.15, 0.2) is 36.4 Å². The van der Waals surface area contributed by atoms with E-state index in [-0.39, 0.29) is 18.3 Å². The van der Waals surface area contributed by atoms with Crippen molar-refractivity contribution in [3.8, 4) is 5.75 Å². The van der Waals surface area contributed by atoms with Crippen LogP contribution in [0.1, 0.15) is 73.0 Å². The Hall–Kier alpha value is -2.62. The molecule has 0 radical (unpaired) electrons. The molecule has 1 aliphatic rings. The van der Waals surface area contributed by atoms with Crippen molar-refractivity contribution >= 4 is 17.4 Å². The highest BCUT2D eigenvalue weighted by Crippen LogP contribution is 2.33. The van der Waals surface area contributed by atoms with Crippen molar-refractivity contribution < 1.29 is 14.3 Å². The summed E-state index contributed by atoms with van der Waals surface area (Å²) < 4.78 is 5.77. The second-order valence-electron chi connectivity index (χ2n) is 7.66. The number of anilines is 1. The molecule has 0 aliphatic heterocycles. The molecule has 3 rings (SSSR count). The Balaban J connectivity index is 1.75. The van der Waals surface area contributed by atoms with E-state index in [2.05, 4.69) is 45.1 Å². The van der Waals surface area contributed by atoms with Crippen LogP contribution in [0.3, 0.4) is 0 Å². The molecular weight excluding hydrogens is 338 g/mol. The minimum absolute atomic E-state index is 0.0748. The number of amides is 1. The van der Waals surface area contributed by atoms with Crippen molar-refractivity contribution in [2.24, 2.45) is 0 Å². The van der Waals surface area contributed by atoms with Gasteiger partial charge in [0.25, 0.3) is 5.91 Å². The van der Waals surface area contributed by atoms with Gasteiger partial charge in [-0.25, -0.2) is 0 Å². The molecule has 0 heterocycles. The van der Waals surface area contributed by atoms with Crippen LogP contribution in [-0.4, -0.2) is 18.3 Å². The van der Waals surface area contributed by atoms with Crippen LogP contribution in [-0.2, 0) is 11.2 Å². The molecule has 1 N–H and O–H groups in total. The number of carbonyl (C=O) groups is 2. The van der Waals surface area contributed by atoms with Gasteiger partial charge in [-0.15, -0.1) is 0 Å². The number of benzene rings is 2. The van der Waals surface area contributed by atoms with Crippen LogP contribution in [0, 0.1) is 0 Å². The third-order valence-corrected chi connectivity index (χ3v) is 5.03. The topological polar surface area (TPSA) is 55.4 Å². The summed E-state index contributed by atoms with van der Waals surface area (Å²) in [5, 5.41) is 3.06. The first-order valence-corrected chi connectivity index (χ1v) is 9.59. The number of fused-ring (bicyclic) bond motifs is 1. The molecule has 0 bridgehead atoms. The lowest BCUT2D eigenvalue weighted by molar-refractivity contribution is -0.118. The molecule has 2 aromatic rings. The fraction of sp³-hybridized carbons (Fsp3) is 0.391. The van der Waals surface area contributed by atoms with Gasteiger partial charge in [-0.2, -0.15) is 0 Å². The Bertz CT molecular complexity index is 842. The van der Waals surface area contributed by atoms with E-state index in [9.17, 15) is 9.59 Å². The Labute approximate surface area is 160 Å².